The Morgan fingerprint density at radius 3 is 2.67 bits per heavy atom. The van der Waals surface area contributed by atoms with Gasteiger partial charge in [0, 0.05) is 6.92 Å². The zero-order valence-corrected chi connectivity index (χ0v) is 8.77. The highest BCUT2D eigenvalue weighted by Gasteiger charge is 2.17. The van der Waals surface area contributed by atoms with E-state index in [0.717, 1.165) is 0 Å². The molecule has 0 aliphatic heterocycles. The molecule has 1 aromatic rings. The minimum absolute atomic E-state index is 0.0987. The van der Waals surface area contributed by atoms with Crippen LogP contribution in [0.1, 0.15) is 25.5 Å². The van der Waals surface area contributed by atoms with E-state index in [1.165, 1.54) is 19.1 Å². The SMILES string of the molecule is CC(=O)NC(C)C(O)c1cccc(O)c1. The largest absolute Gasteiger partial charge is 0.508 e. The topological polar surface area (TPSA) is 69.6 Å². The van der Waals surface area contributed by atoms with Crippen molar-refractivity contribution >= 4 is 5.91 Å². The zero-order chi connectivity index (χ0) is 11.4. The van der Waals surface area contributed by atoms with Gasteiger partial charge >= 0.3 is 0 Å². The lowest BCUT2D eigenvalue weighted by atomic mass is 10.0. The van der Waals surface area contributed by atoms with Gasteiger partial charge in [0.1, 0.15) is 5.75 Å². The number of carbonyl (C=O) groups is 1. The monoisotopic (exact) mass is 209 g/mol. The molecular weight excluding hydrogens is 194 g/mol. The third-order valence-electron chi connectivity index (χ3n) is 2.12. The fourth-order valence-corrected chi connectivity index (χ4v) is 1.40. The van der Waals surface area contributed by atoms with Crippen LogP contribution in [0.2, 0.25) is 0 Å². The van der Waals surface area contributed by atoms with Crippen molar-refractivity contribution < 1.29 is 15.0 Å². The van der Waals surface area contributed by atoms with Crippen LogP contribution in [0, 0.1) is 0 Å². The summed E-state index contributed by atoms with van der Waals surface area (Å²) in [4.78, 5) is 10.8. The molecule has 1 aromatic carbocycles. The lowest BCUT2D eigenvalue weighted by Crippen LogP contribution is -2.35. The van der Waals surface area contributed by atoms with Gasteiger partial charge in [-0.3, -0.25) is 4.79 Å². The van der Waals surface area contributed by atoms with Crippen LogP contribution in [-0.2, 0) is 4.79 Å². The molecule has 4 heteroatoms. The molecule has 0 aromatic heterocycles. The summed E-state index contributed by atoms with van der Waals surface area (Å²) in [5.41, 5.74) is 0.580. The highest BCUT2D eigenvalue weighted by Crippen LogP contribution is 2.20. The molecule has 0 aliphatic carbocycles. The van der Waals surface area contributed by atoms with Gasteiger partial charge in [-0.25, -0.2) is 0 Å². The minimum atomic E-state index is -0.819. The van der Waals surface area contributed by atoms with E-state index in [-0.39, 0.29) is 17.7 Å². The summed E-state index contributed by atoms with van der Waals surface area (Å²) in [6.07, 6.45) is -0.819. The highest BCUT2D eigenvalue weighted by atomic mass is 16.3. The van der Waals surface area contributed by atoms with Crippen LogP contribution in [0.5, 0.6) is 5.75 Å². The average molecular weight is 209 g/mol. The maximum Gasteiger partial charge on any atom is 0.217 e. The highest BCUT2D eigenvalue weighted by molar-refractivity contribution is 5.73. The van der Waals surface area contributed by atoms with Gasteiger partial charge < -0.3 is 15.5 Å². The number of aliphatic hydroxyl groups excluding tert-OH is 1. The van der Waals surface area contributed by atoms with Crippen molar-refractivity contribution in [2.75, 3.05) is 0 Å². The molecule has 1 amide bonds. The summed E-state index contributed by atoms with van der Waals surface area (Å²) in [7, 11) is 0. The maximum absolute atomic E-state index is 10.8. The van der Waals surface area contributed by atoms with E-state index in [4.69, 9.17) is 0 Å². The molecule has 0 fully saturated rings. The number of phenols is 1. The molecule has 0 bridgehead atoms. The molecule has 82 valence electrons. The number of rotatable bonds is 3. The zero-order valence-electron chi connectivity index (χ0n) is 8.77. The molecule has 2 unspecified atom stereocenters. The molecular formula is C11H15NO3. The van der Waals surface area contributed by atoms with E-state index >= 15 is 0 Å². The van der Waals surface area contributed by atoms with Gasteiger partial charge in [0.2, 0.25) is 5.91 Å². The van der Waals surface area contributed by atoms with Crippen molar-refractivity contribution in [1.82, 2.24) is 5.32 Å². The number of amides is 1. The Balaban J connectivity index is 2.75. The van der Waals surface area contributed by atoms with Gasteiger partial charge in [0.15, 0.2) is 0 Å². The van der Waals surface area contributed by atoms with Gasteiger partial charge in [0.05, 0.1) is 12.1 Å². The van der Waals surface area contributed by atoms with E-state index in [1.807, 2.05) is 0 Å². The van der Waals surface area contributed by atoms with E-state index < -0.39 is 6.10 Å². The predicted molar refractivity (Wildman–Crippen MR) is 56.3 cm³/mol. The summed E-state index contributed by atoms with van der Waals surface area (Å²) in [5.74, 6) is -0.0942. The van der Waals surface area contributed by atoms with Gasteiger partial charge in [-0.1, -0.05) is 12.1 Å². The smallest absolute Gasteiger partial charge is 0.217 e. The van der Waals surface area contributed by atoms with Crippen molar-refractivity contribution in [3.63, 3.8) is 0 Å². The summed E-state index contributed by atoms with van der Waals surface area (Å²) in [6, 6.07) is 5.96. The van der Waals surface area contributed by atoms with Crippen LogP contribution >= 0.6 is 0 Å². The molecule has 0 saturated carbocycles. The Bertz CT molecular complexity index is 351. The van der Waals surface area contributed by atoms with E-state index in [0.29, 0.717) is 5.56 Å². The van der Waals surface area contributed by atoms with Crippen LogP contribution in [0.3, 0.4) is 0 Å². The molecule has 4 nitrogen and oxygen atoms in total. The van der Waals surface area contributed by atoms with Crippen LogP contribution in [0.15, 0.2) is 24.3 Å². The number of phenolic OH excluding ortho intramolecular Hbond substituents is 1. The second kappa shape index (κ2) is 4.79. The fraction of sp³-hybridized carbons (Fsp3) is 0.364. The summed E-state index contributed by atoms with van der Waals surface area (Å²) in [5, 5.41) is 21.7. The first-order valence-electron chi connectivity index (χ1n) is 4.75. The molecule has 1 rings (SSSR count). The van der Waals surface area contributed by atoms with E-state index in [2.05, 4.69) is 5.32 Å². The van der Waals surface area contributed by atoms with E-state index in [9.17, 15) is 15.0 Å². The molecule has 2 atom stereocenters. The number of hydrogen-bond donors (Lipinski definition) is 3. The molecule has 0 saturated heterocycles. The molecule has 0 heterocycles. The first kappa shape index (κ1) is 11.5. The second-order valence-corrected chi connectivity index (χ2v) is 3.53. The van der Waals surface area contributed by atoms with Crippen molar-refractivity contribution in [1.29, 1.82) is 0 Å². The quantitative estimate of drug-likeness (QED) is 0.694. The maximum atomic E-state index is 10.8. The Kier molecular flexibility index (Phi) is 3.68. The van der Waals surface area contributed by atoms with E-state index in [1.54, 1.807) is 19.1 Å². The third-order valence-corrected chi connectivity index (χ3v) is 2.12. The van der Waals surface area contributed by atoms with Crippen molar-refractivity contribution in [3.05, 3.63) is 29.8 Å². The predicted octanol–water partition coefficient (Wildman–Crippen LogP) is 0.950. The lowest BCUT2D eigenvalue weighted by Gasteiger charge is -2.19. The number of carbonyl (C=O) groups excluding carboxylic acids is 1. The van der Waals surface area contributed by atoms with Gasteiger partial charge in [-0.2, -0.15) is 0 Å². The Hall–Kier alpha value is -1.55. The van der Waals surface area contributed by atoms with Crippen molar-refractivity contribution in [2.24, 2.45) is 0 Å². The van der Waals surface area contributed by atoms with Crippen LogP contribution in [0.4, 0.5) is 0 Å². The average Bonchev–Trinajstić information content (AvgIpc) is 2.15. The summed E-state index contributed by atoms with van der Waals surface area (Å²) < 4.78 is 0. The summed E-state index contributed by atoms with van der Waals surface area (Å²) >= 11 is 0. The van der Waals surface area contributed by atoms with Crippen molar-refractivity contribution in [2.45, 2.75) is 26.0 Å². The molecule has 15 heavy (non-hydrogen) atoms. The van der Waals surface area contributed by atoms with Crippen LogP contribution < -0.4 is 5.32 Å². The standard InChI is InChI=1S/C11H15NO3/c1-7(12-8(2)13)11(15)9-4-3-5-10(14)6-9/h3-7,11,14-15H,1-2H3,(H,12,13). The molecule has 0 radical (unpaired) electrons. The van der Waals surface area contributed by atoms with Gasteiger partial charge in [-0.05, 0) is 24.6 Å². The third kappa shape index (κ3) is 3.25. The number of aliphatic hydroxyl groups is 1. The normalized spacial score (nSPS) is 14.3. The molecule has 0 spiro atoms. The van der Waals surface area contributed by atoms with Crippen molar-refractivity contribution in [3.8, 4) is 5.75 Å². The second-order valence-electron chi connectivity index (χ2n) is 3.53. The molecule has 0 aliphatic rings. The first-order valence-corrected chi connectivity index (χ1v) is 4.75. The Labute approximate surface area is 88.6 Å². The fourth-order valence-electron chi connectivity index (χ4n) is 1.40. The first-order chi connectivity index (χ1) is 7.00. The Morgan fingerprint density at radius 1 is 1.47 bits per heavy atom. The minimum Gasteiger partial charge on any atom is -0.508 e. The lowest BCUT2D eigenvalue weighted by molar-refractivity contribution is -0.120. The molecule has 3 N–H and O–H groups in total. The Morgan fingerprint density at radius 2 is 2.13 bits per heavy atom. The number of hydrogen-bond acceptors (Lipinski definition) is 3. The number of nitrogens with one attached hydrogen (secondary N) is 1. The summed E-state index contributed by atoms with van der Waals surface area (Å²) in [6.45, 7) is 3.10. The van der Waals surface area contributed by atoms with Crippen LogP contribution in [-0.4, -0.2) is 22.2 Å². The number of benzene rings is 1. The number of aromatic hydroxyl groups is 1. The van der Waals surface area contributed by atoms with Gasteiger partial charge in [0.25, 0.3) is 0 Å². The van der Waals surface area contributed by atoms with Gasteiger partial charge in [-0.15, -0.1) is 0 Å². The van der Waals surface area contributed by atoms with Crippen LogP contribution in [0.25, 0.3) is 0 Å².